The van der Waals surface area contributed by atoms with E-state index in [9.17, 15) is 0 Å². The molecule has 0 bridgehead atoms. The van der Waals surface area contributed by atoms with Crippen molar-refractivity contribution >= 4 is 51.9 Å². The molecular weight excluding hydrogens is 279 g/mol. The molecule has 0 unspecified atom stereocenters. The van der Waals surface area contributed by atoms with Crippen LogP contribution in [-0.4, -0.2) is 0 Å². The molecule has 0 fully saturated rings. The van der Waals surface area contributed by atoms with Crippen molar-refractivity contribution in [2.45, 2.75) is 0 Å². The standard InChI is InChI=1S/C12H9Cl3N2/c13-7-4-5-11(9(15)6-7)17-12-8(14)2-1-3-10(12)16/h1-6,17H,16H2. The second kappa shape index (κ2) is 5.05. The van der Waals surface area contributed by atoms with Gasteiger partial charge in [-0.05, 0) is 30.3 Å². The van der Waals surface area contributed by atoms with E-state index in [0.717, 1.165) is 0 Å². The maximum Gasteiger partial charge on any atom is 0.0807 e. The molecule has 0 saturated carbocycles. The smallest absolute Gasteiger partial charge is 0.0807 e. The monoisotopic (exact) mass is 286 g/mol. The minimum absolute atomic E-state index is 0.511. The number of anilines is 3. The lowest BCUT2D eigenvalue weighted by Crippen LogP contribution is -1.97. The van der Waals surface area contributed by atoms with Crippen LogP contribution >= 0.6 is 34.8 Å². The predicted molar refractivity (Wildman–Crippen MR) is 75.6 cm³/mol. The van der Waals surface area contributed by atoms with Gasteiger partial charge in [0.05, 0.1) is 27.1 Å². The topological polar surface area (TPSA) is 38.0 Å². The fourth-order valence-corrected chi connectivity index (χ4v) is 2.08. The molecule has 88 valence electrons. The lowest BCUT2D eigenvalue weighted by Gasteiger charge is -2.12. The van der Waals surface area contributed by atoms with Crippen molar-refractivity contribution in [3.63, 3.8) is 0 Å². The first-order chi connectivity index (χ1) is 8.08. The fourth-order valence-electron chi connectivity index (χ4n) is 1.40. The highest BCUT2D eigenvalue weighted by atomic mass is 35.5. The molecule has 0 aliphatic heterocycles. The molecule has 17 heavy (non-hydrogen) atoms. The van der Waals surface area contributed by atoms with Gasteiger partial charge in [0.25, 0.3) is 0 Å². The summed E-state index contributed by atoms with van der Waals surface area (Å²) in [6.07, 6.45) is 0. The molecule has 0 aliphatic carbocycles. The van der Waals surface area contributed by atoms with Crippen LogP contribution in [0.3, 0.4) is 0 Å². The third-order valence-electron chi connectivity index (χ3n) is 2.24. The third-order valence-corrected chi connectivity index (χ3v) is 3.10. The Morgan fingerprint density at radius 3 is 2.35 bits per heavy atom. The Morgan fingerprint density at radius 1 is 0.941 bits per heavy atom. The normalized spacial score (nSPS) is 10.3. The number of nitrogen functional groups attached to an aromatic ring is 1. The van der Waals surface area contributed by atoms with Gasteiger partial charge in [0.1, 0.15) is 0 Å². The largest absolute Gasteiger partial charge is 0.397 e. The van der Waals surface area contributed by atoms with Gasteiger partial charge in [0, 0.05) is 5.02 Å². The second-order valence-corrected chi connectivity index (χ2v) is 4.70. The summed E-state index contributed by atoms with van der Waals surface area (Å²) in [6.45, 7) is 0. The van der Waals surface area contributed by atoms with Gasteiger partial charge < -0.3 is 11.1 Å². The van der Waals surface area contributed by atoms with E-state index in [1.54, 1.807) is 36.4 Å². The molecule has 2 aromatic carbocycles. The summed E-state index contributed by atoms with van der Waals surface area (Å²) in [5.41, 5.74) is 7.73. The zero-order chi connectivity index (χ0) is 12.4. The number of halogens is 3. The molecule has 0 heterocycles. The van der Waals surface area contributed by atoms with Gasteiger partial charge in [-0.3, -0.25) is 0 Å². The van der Waals surface area contributed by atoms with Gasteiger partial charge >= 0.3 is 0 Å². The molecule has 0 spiro atoms. The summed E-state index contributed by atoms with van der Waals surface area (Å²) >= 11 is 17.9. The number of para-hydroxylation sites is 1. The number of hydrogen-bond acceptors (Lipinski definition) is 2. The summed E-state index contributed by atoms with van der Waals surface area (Å²) in [5.74, 6) is 0. The Labute approximate surface area is 114 Å². The van der Waals surface area contributed by atoms with Crippen LogP contribution in [-0.2, 0) is 0 Å². The minimum atomic E-state index is 0.511. The number of benzene rings is 2. The highest BCUT2D eigenvalue weighted by Gasteiger charge is 2.07. The zero-order valence-corrected chi connectivity index (χ0v) is 10.9. The van der Waals surface area contributed by atoms with Gasteiger partial charge in [0.15, 0.2) is 0 Å². The zero-order valence-electron chi connectivity index (χ0n) is 8.68. The van der Waals surface area contributed by atoms with Crippen LogP contribution < -0.4 is 11.1 Å². The van der Waals surface area contributed by atoms with Gasteiger partial charge in [-0.2, -0.15) is 0 Å². The van der Waals surface area contributed by atoms with Crippen LogP contribution in [0.2, 0.25) is 15.1 Å². The fraction of sp³-hybridized carbons (Fsp3) is 0. The van der Waals surface area contributed by atoms with Crippen molar-refractivity contribution < 1.29 is 0 Å². The van der Waals surface area contributed by atoms with E-state index >= 15 is 0 Å². The number of rotatable bonds is 2. The summed E-state index contributed by atoms with van der Waals surface area (Å²) in [4.78, 5) is 0. The summed E-state index contributed by atoms with van der Waals surface area (Å²) in [5, 5.41) is 4.71. The predicted octanol–water partition coefficient (Wildman–Crippen LogP) is 4.97. The van der Waals surface area contributed by atoms with Crippen molar-refractivity contribution in [2.75, 3.05) is 11.1 Å². The van der Waals surface area contributed by atoms with Crippen molar-refractivity contribution in [1.82, 2.24) is 0 Å². The maximum absolute atomic E-state index is 6.05. The highest BCUT2D eigenvalue weighted by Crippen LogP contribution is 2.34. The molecule has 0 amide bonds. The summed E-state index contributed by atoms with van der Waals surface area (Å²) in [7, 11) is 0. The molecule has 2 aromatic rings. The van der Waals surface area contributed by atoms with E-state index < -0.39 is 0 Å². The van der Waals surface area contributed by atoms with Crippen LogP contribution in [0.15, 0.2) is 36.4 Å². The lowest BCUT2D eigenvalue weighted by atomic mass is 10.2. The van der Waals surface area contributed by atoms with Crippen molar-refractivity contribution in [2.24, 2.45) is 0 Å². The molecule has 5 heteroatoms. The van der Waals surface area contributed by atoms with E-state index in [4.69, 9.17) is 40.5 Å². The SMILES string of the molecule is Nc1cccc(Cl)c1Nc1ccc(Cl)cc1Cl. The average Bonchev–Trinajstić information content (AvgIpc) is 2.26. The highest BCUT2D eigenvalue weighted by molar-refractivity contribution is 6.37. The molecule has 0 aromatic heterocycles. The molecule has 2 rings (SSSR count). The van der Waals surface area contributed by atoms with Crippen LogP contribution in [0.1, 0.15) is 0 Å². The molecule has 0 atom stereocenters. The maximum atomic E-state index is 6.05. The molecule has 0 radical (unpaired) electrons. The number of nitrogens with two attached hydrogens (primary N) is 1. The van der Waals surface area contributed by atoms with Crippen LogP contribution in [0, 0.1) is 0 Å². The van der Waals surface area contributed by atoms with Crippen LogP contribution in [0.4, 0.5) is 17.1 Å². The van der Waals surface area contributed by atoms with Crippen molar-refractivity contribution in [3.05, 3.63) is 51.5 Å². The van der Waals surface area contributed by atoms with E-state index in [0.29, 0.717) is 32.1 Å². The Hall–Kier alpha value is -1.09. The number of nitrogens with one attached hydrogen (secondary N) is 1. The van der Waals surface area contributed by atoms with Gasteiger partial charge in [0.2, 0.25) is 0 Å². The second-order valence-electron chi connectivity index (χ2n) is 3.45. The van der Waals surface area contributed by atoms with E-state index in [1.165, 1.54) is 0 Å². The molecular formula is C12H9Cl3N2. The van der Waals surface area contributed by atoms with E-state index in [1.807, 2.05) is 0 Å². The van der Waals surface area contributed by atoms with Gasteiger partial charge in [-0.1, -0.05) is 40.9 Å². The van der Waals surface area contributed by atoms with Gasteiger partial charge in [-0.15, -0.1) is 0 Å². The Kier molecular flexibility index (Phi) is 3.67. The minimum Gasteiger partial charge on any atom is -0.397 e. The van der Waals surface area contributed by atoms with Crippen LogP contribution in [0.5, 0.6) is 0 Å². The Bertz CT molecular complexity index is 535. The van der Waals surface area contributed by atoms with E-state index in [2.05, 4.69) is 5.32 Å². The Balaban J connectivity index is 2.38. The quantitative estimate of drug-likeness (QED) is 0.765. The third kappa shape index (κ3) is 2.78. The molecule has 0 aliphatic rings. The lowest BCUT2D eigenvalue weighted by molar-refractivity contribution is 1.54. The summed E-state index contributed by atoms with van der Waals surface area (Å²) < 4.78 is 0. The van der Waals surface area contributed by atoms with Crippen molar-refractivity contribution in [1.29, 1.82) is 0 Å². The number of hydrogen-bond donors (Lipinski definition) is 2. The van der Waals surface area contributed by atoms with E-state index in [-0.39, 0.29) is 0 Å². The van der Waals surface area contributed by atoms with Crippen molar-refractivity contribution in [3.8, 4) is 0 Å². The average molecular weight is 288 g/mol. The first kappa shape index (κ1) is 12.4. The molecule has 3 N–H and O–H groups in total. The van der Waals surface area contributed by atoms with Crippen LogP contribution in [0.25, 0.3) is 0 Å². The first-order valence-corrected chi connectivity index (χ1v) is 5.97. The summed E-state index contributed by atoms with van der Waals surface area (Å²) in [6, 6.07) is 10.5. The first-order valence-electron chi connectivity index (χ1n) is 4.84. The molecule has 0 saturated heterocycles. The Morgan fingerprint density at radius 2 is 1.71 bits per heavy atom. The molecule has 2 nitrogen and oxygen atoms in total. The van der Waals surface area contributed by atoms with Gasteiger partial charge in [-0.25, -0.2) is 0 Å².